The molecule has 0 spiro atoms. The summed E-state index contributed by atoms with van der Waals surface area (Å²) in [6.45, 7) is 0. The number of carbonyl (C=O) groups excluding carboxylic acids is 1. The molecule has 0 radical (unpaired) electrons. The number of esters is 1. The molecule has 1 aliphatic rings. The predicted molar refractivity (Wildman–Crippen MR) is 94.4 cm³/mol. The molecule has 0 bridgehead atoms. The number of benzene rings is 2. The van der Waals surface area contributed by atoms with Gasteiger partial charge in [0.1, 0.15) is 5.75 Å². The number of halogens is 1. The van der Waals surface area contributed by atoms with E-state index in [2.05, 4.69) is 20.9 Å². The van der Waals surface area contributed by atoms with Crippen LogP contribution in [0.3, 0.4) is 0 Å². The van der Waals surface area contributed by atoms with Gasteiger partial charge in [0.25, 0.3) is 5.69 Å². The van der Waals surface area contributed by atoms with Gasteiger partial charge in [0.15, 0.2) is 5.70 Å². The summed E-state index contributed by atoms with van der Waals surface area (Å²) in [5.74, 6) is 0.247. The van der Waals surface area contributed by atoms with Crippen LogP contribution in [0.4, 0.5) is 5.69 Å². The molecule has 0 saturated carbocycles. The number of hydrogen-bond donors (Lipinski definition) is 0. The fourth-order valence-corrected chi connectivity index (χ4v) is 2.72. The molecule has 2 aromatic carbocycles. The Labute approximate surface area is 150 Å². The molecule has 126 valence electrons. The maximum absolute atomic E-state index is 12.0. The van der Waals surface area contributed by atoms with Crippen molar-refractivity contribution >= 4 is 39.6 Å². The molecule has 0 unspecified atom stereocenters. The van der Waals surface area contributed by atoms with Gasteiger partial charge in [-0.15, -0.1) is 0 Å². The summed E-state index contributed by atoms with van der Waals surface area (Å²) in [4.78, 5) is 26.4. The van der Waals surface area contributed by atoms with Crippen molar-refractivity contribution in [3.63, 3.8) is 0 Å². The lowest BCUT2D eigenvalue weighted by Crippen LogP contribution is -2.05. The van der Waals surface area contributed by atoms with Crippen molar-refractivity contribution in [3.8, 4) is 5.75 Å². The van der Waals surface area contributed by atoms with E-state index in [1.165, 1.54) is 30.3 Å². The highest BCUT2D eigenvalue weighted by atomic mass is 79.9. The average molecular weight is 403 g/mol. The summed E-state index contributed by atoms with van der Waals surface area (Å²) in [7, 11) is 1.55. The van der Waals surface area contributed by atoms with E-state index in [1.807, 2.05) is 0 Å². The summed E-state index contributed by atoms with van der Waals surface area (Å²) in [5.41, 5.74) is 1.32. The topological polar surface area (TPSA) is 91.0 Å². The van der Waals surface area contributed by atoms with Gasteiger partial charge in [-0.3, -0.25) is 10.1 Å². The lowest BCUT2D eigenvalue weighted by Gasteiger charge is -2.05. The first-order chi connectivity index (χ1) is 12.0. The molecular formula is C17H11BrN2O5. The summed E-state index contributed by atoms with van der Waals surface area (Å²) in [6, 6.07) is 11.0. The molecular weight excluding hydrogens is 392 g/mol. The highest BCUT2D eigenvalue weighted by molar-refractivity contribution is 9.10. The second kappa shape index (κ2) is 6.86. The Bertz CT molecular complexity index is 919. The summed E-state index contributed by atoms with van der Waals surface area (Å²) in [6.07, 6.45) is 1.51. The van der Waals surface area contributed by atoms with Gasteiger partial charge in [0.2, 0.25) is 5.90 Å². The first-order valence-corrected chi connectivity index (χ1v) is 7.88. The number of hydrogen-bond acceptors (Lipinski definition) is 6. The van der Waals surface area contributed by atoms with Crippen molar-refractivity contribution in [2.24, 2.45) is 4.99 Å². The molecule has 0 atom stereocenters. The summed E-state index contributed by atoms with van der Waals surface area (Å²) < 4.78 is 11.1. The fraction of sp³-hybridized carbons (Fsp3) is 0.0588. The normalized spacial score (nSPS) is 15.0. The fourth-order valence-electron chi connectivity index (χ4n) is 2.18. The van der Waals surface area contributed by atoms with E-state index in [0.29, 0.717) is 21.3 Å². The molecule has 0 N–H and O–H groups in total. The number of cyclic esters (lactones) is 1. The van der Waals surface area contributed by atoms with E-state index in [1.54, 1.807) is 25.3 Å². The summed E-state index contributed by atoms with van der Waals surface area (Å²) >= 11 is 3.37. The number of nitro benzene ring substituents is 1. The maximum atomic E-state index is 12.0. The van der Waals surface area contributed by atoms with Gasteiger partial charge in [-0.1, -0.05) is 0 Å². The Morgan fingerprint density at radius 3 is 2.56 bits per heavy atom. The van der Waals surface area contributed by atoms with Crippen LogP contribution in [-0.2, 0) is 9.53 Å². The second-order valence-electron chi connectivity index (χ2n) is 5.03. The Balaban J connectivity index is 1.89. The molecule has 0 aromatic heterocycles. The zero-order valence-electron chi connectivity index (χ0n) is 12.9. The van der Waals surface area contributed by atoms with Gasteiger partial charge in [0, 0.05) is 17.7 Å². The van der Waals surface area contributed by atoms with E-state index in [-0.39, 0.29) is 17.3 Å². The maximum Gasteiger partial charge on any atom is 0.363 e. The molecule has 25 heavy (non-hydrogen) atoms. The lowest BCUT2D eigenvalue weighted by atomic mass is 10.2. The van der Waals surface area contributed by atoms with Crippen LogP contribution in [0, 0.1) is 10.1 Å². The number of nitro groups is 1. The van der Waals surface area contributed by atoms with Gasteiger partial charge >= 0.3 is 5.97 Å². The molecule has 0 aliphatic carbocycles. The average Bonchev–Trinajstić information content (AvgIpc) is 2.96. The monoisotopic (exact) mass is 402 g/mol. The van der Waals surface area contributed by atoms with Crippen molar-refractivity contribution in [1.82, 2.24) is 0 Å². The zero-order valence-corrected chi connectivity index (χ0v) is 14.5. The second-order valence-corrected chi connectivity index (χ2v) is 5.89. The minimum atomic E-state index is -0.583. The van der Waals surface area contributed by atoms with Crippen LogP contribution in [0.15, 0.2) is 57.6 Å². The predicted octanol–water partition coefficient (Wildman–Crippen LogP) is 3.71. The van der Waals surface area contributed by atoms with E-state index < -0.39 is 10.9 Å². The number of methoxy groups -OCH3 is 1. The molecule has 0 amide bonds. The molecule has 2 aromatic rings. The molecule has 8 heteroatoms. The Hall–Kier alpha value is -3.00. The van der Waals surface area contributed by atoms with E-state index in [0.717, 1.165) is 0 Å². The number of carbonyl (C=O) groups is 1. The zero-order chi connectivity index (χ0) is 18.0. The minimum absolute atomic E-state index is 0.0246. The first-order valence-electron chi connectivity index (χ1n) is 7.09. The largest absolute Gasteiger partial charge is 0.496 e. The number of rotatable bonds is 4. The number of nitrogens with zero attached hydrogens (tertiary/aromatic N) is 2. The first kappa shape index (κ1) is 16.8. The van der Waals surface area contributed by atoms with Gasteiger partial charge in [-0.25, -0.2) is 9.79 Å². The van der Waals surface area contributed by atoms with E-state index >= 15 is 0 Å². The van der Waals surface area contributed by atoms with Crippen molar-refractivity contribution in [2.75, 3.05) is 7.11 Å². The van der Waals surface area contributed by atoms with Crippen LogP contribution in [0.5, 0.6) is 5.75 Å². The van der Waals surface area contributed by atoms with Crippen LogP contribution in [0.1, 0.15) is 11.1 Å². The smallest absolute Gasteiger partial charge is 0.363 e. The third-order valence-electron chi connectivity index (χ3n) is 3.43. The molecule has 0 saturated heterocycles. The van der Waals surface area contributed by atoms with E-state index in [9.17, 15) is 14.9 Å². The third kappa shape index (κ3) is 3.58. The Morgan fingerprint density at radius 1 is 1.24 bits per heavy atom. The van der Waals surface area contributed by atoms with Gasteiger partial charge in [0.05, 0.1) is 16.5 Å². The Kier molecular flexibility index (Phi) is 4.62. The van der Waals surface area contributed by atoms with Crippen molar-refractivity contribution in [1.29, 1.82) is 0 Å². The lowest BCUT2D eigenvalue weighted by molar-refractivity contribution is -0.384. The van der Waals surface area contributed by atoms with Gasteiger partial charge in [-0.2, -0.15) is 0 Å². The van der Waals surface area contributed by atoms with Crippen molar-refractivity contribution < 1.29 is 19.2 Å². The molecule has 1 heterocycles. The summed E-state index contributed by atoms with van der Waals surface area (Å²) in [5, 5.41) is 10.7. The van der Waals surface area contributed by atoms with Crippen LogP contribution >= 0.6 is 15.9 Å². The standard InChI is InChI=1S/C17H11BrN2O5/c1-24-15-7-4-11(9-13(15)18)16-19-14(17(21)25-16)8-10-2-5-12(6-3-10)20(22)23/h2-9H,1H3. The Morgan fingerprint density at radius 2 is 1.96 bits per heavy atom. The third-order valence-corrected chi connectivity index (χ3v) is 4.05. The van der Waals surface area contributed by atoms with Crippen molar-refractivity contribution in [3.05, 3.63) is 73.9 Å². The van der Waals surface area contributed by atoms with Crippen LogP contribution in [0.2, 0.25) is 0 Å². The van der Waals surface area contributed by atoms with Crippen LogP contribution in [-0.4, -0.2) is 23.9 Å². The number of ether oxygens (including phenoxy) is 2. The minimum Gasteiger partial charge on any atom is -0.496 e. The quantitative estimate of drug-likeness (QED) is 0.336. The number of aliphatic imine (C=N–C) groups is 1. The SMILES string of the molecule is COc1ccc(C2=NC(=Cc3ccc([N+](=O)[O-])cc3)C(=O)O2)cc1Br. The van der Waals surface area contributed by atoms with Crippen LogP contribution in [0.25, 0.3) is 6.08 Å². The molecule has 1 aliphatic heterocycles. The highest BCUT2D eigenvalue weighted by Gasteiger charge is 2.24. The number of non-ortho nitro benzene ring substituents is 1. The highest BCUT2D eigenvalue weighted by Crippen LogP contribution is 2.28. The molecule has 0 fully saturated rings. The van der Waals surface area contributed by atoms with Gasteiger partial charge in [-0.05, 0) is 57.9 Å². The van der Waals surface area contributed by atoms with Gasteiger partial charge < -0.3 is 9.47 Å². The van der Waals surface area contributed by atoms with Crippen LogP contribution < -0.4 is 4.74 Å². The van der Waals surface area contributed by atoms with E-state index in [4.69, 9.17) is 9.47 Å². The van der Waals surface area contributed by atoms with Crippen molar-refractivity contribution in [2.45, 2.75) is 0 Å². The molecule has 3 rings (SSSR count). The molecule has 7 nitrogen and oxygen atoms in total.